The number of nitrogens with zero attached hydrogens (tertiary/aromatic N) is 2. The number of H-pyrrole nitrogens is 1. The SMILES string of the molecule is CC1CN(c2nc3ccc(N)cc3[nH]2)CC(C)S1. The Hall–Kier alpha value is -1.36. The van der Waals surface area contributed by atoms with E-state index < -0.39 is 0 Å². The third-order valence-corrected chi connectivity index (χ3v) is 4.44. The standard InChI is InChI=1S/C13H18N4S/c1-8-6-17(7-9(2)18-8)13-15-11-4-3-10(14)5-12(11)16-13/h3-5,8-9H,6-7,14H2,1-2H3,(H,15,16). The van der Waals surface area contributed by atoms with E-state index in [1.807, 2.05) is 30.0 Å². The number of nitrogen functional groups attached to an aromatic ring is 1. The van der Waals surface area contributed by atoms with Gasteiger partial charge in [0.1, 0.15) is 0 Å². The van der Waals surface area contributed by atoms with Crippen LogP contribution in [0.25, 0.3) is 11.0 Å². The minimum Gasteiger partial charge on any atom is -0.399 e. The van der Waals surface area contributed by atoms with Crippen LogP contribution in [0.5, 0.6) is 0 Å². The molecule has 5 heteroatoms. The summed E-state index contributed by atoms with van der Waals surface area (Å²) >= 11 is 2.05. The average molecular weight is 262 g/mol. The smallest absolute Gasteiger partial charge is 0.203 e. The Morgan fingerprint density at radius 2 is 2.06 bits per heavy atom. The molecule has 0 spiro atoms. The van der Waals surface area contributed by atoms with Gasteiger partial charge in [0.05, 0.1) is 11.0 Å². The summed E-state index contributed by atoms with van der Waals surface area (Å²) in [5.74, 6) is 0.967. The van der Waals surface area contributed by atoms with Crippen LogP contribution in [0.15, 0.2) is 18.2 Å². The molecule has 0 amide bonds. The fourth-order valence-electron chi connectivity index (χ4n) is 2.51. The number of hydrogen-bond donors (Lipinski definition) is 2. The van der Waals surface area contributed by atoms with Crippen molar-refractivity contribution in [1.29, 1.82) is 0 Å². The lowest BCUT2D eigenvalue weighted by molar-refractivity contribution is 0.712. The molecule has 1 aliphatic heterocycles. The van der Waals surface area contributed by atoms with Gasteiger partial charge in [0.25, 0.3) is 0 Å². The topological polar surface area (TPSA) is 57.9 Å². The first-order valence-corrected chi connectivity index (χ1v) is 7.22. The number of imidazole rings is 1. The van der Waals surface area contributed by atoms with Crippen LogP contribution in [0.4, 0.5) is 11.6 Å². The molecule has 2 atom stereocenters. The van der Waals surface area contributed by atoms with Crippen molar-refractivity contribution < 1.29 is 0 Å². The van der Waals surface area contributed by atoms with Gasteiger partial charge in [-0.25, -0.2) is 4.98 Å². The lowest BCUT2D eigenvalue weighted by Gasteiger charge is -2.34. The van der Waals surface area contributed by atoms with E-state index in [-0.39, 0.29) is 0 Å². The zero-order valence-corrected chi connectivity index (χ0v) is 11.5. The first-order valence-electron chi connectivity index (χ1n) is 6.27. The van der Waals surface area contributed by atoms with E-state index in [0.29, 0.717) is 10.5 Å². The lowest BCUT2D eigenvalue weighted by atomic mass is 10.3. The van der Waals surface area contributed by atoms with Crippen LogP contribution in [0.3, 0.4) is 0 Å². The predicted molar refractivity (Wildman–Crippen MR) is 79.2 cm³/mol. The van der Waals surface area contributed by atoms with Crippen molar-refractivity contribution in [2.24, 2.45) is 0 Å². The zero-order valence-electron chi connectivity index (χ0n) is 10.7. The number of nitrogens with two attached hydrogens (primary N) is 1. The van der Waals surface area contributed by atoms with Crippen LogP contribution < -0.4 is 10.6 Å². The molecule has 0 bridgehead atoms. The van der Waals surface area contributed by atoms with Crippen molar-refractivity contribution in [3.63, 3.8) is 0 Å². The summed E-state index contributed by atoms with van der Waals surface area (Å²) in [5.41, 5.74) is 8.56. The number of fused-ring (bicyclic) bond motifs is 1. The Morgan fingerprint density at radius 3 is 2.78 bits per heavy atom. The molecule has 3 N–H and O–H groups in total. The molecule has 1 aromatic carbocycles. The van der Waals surface area contributed by atoms with E-state index >= 15 is 0 Å². The Morgan fingerprint density at radius 1 is 1.33 bits per heavy atom. The maximum Gasteiger partial charge on any atom is 0.203 e. The average Bonchev–Trinajstić information content (AvgIpc) is 2.70. The fourth-order valence-corrected chi connectivity index (χ4v) is 3.84. The first kappa shape index (κ1) is 11.7. The summed E-state index contributed by atoms with van der Waals surface area (Å²) in [5, 5.41) is 1.29. The van der Waals surface area contributed by atoms with Crippen molar-refractivity contribution in [3.8, 4) is 0 Å². The summed E-state index contributed by atoms with van der Waals surface area (Å²) in [7, 11) is 0. The van der Waals surface area contributed by atoms with Gasteiger partial charge >= 0.3 is 0 Å². The minimum absolute atomic E-state index is 0.645. The molecule has 1 saturated heterocycles. The number of aromatic amines is 1. The molecule has 1 aliphatic rings. The molecule has 2 heterocycles. The highest BCUT2D eigenvalue weighted by Gasteiger charge is 2.24. The van der Waals surface area contributed by atoms with Crippen LogP contribution in [-0.4, -0.2) is 33.6 Å². The van der Waals surface area contributed by atoms with Gasteiger partial charge in [-0.2, -0.15) is 11.8 Å². The van der Waals surface area contributed by atoms with Crippen molar-refractivity contribution in [1.82, 2.24) is 9.97 Å². The summed E-state index contributed by atoms with van der Waals surface area (Å²) in [6.45, 7) is 6.64. The third kappa shape index (κ3) is 2.14. The van der Waals surface area contributed by atoms with Crippen molar-refractivity contribution >= 4 is 34.4 Å². The summed E-state index contributed by atoms with van der Waals surface area (Å²) < 4.78 is 0. The van der Waals surface area contributed by atoms with Crippen molar-refractivity contribution in [2.45, 2.75) is 24.3 Å². The van der Waals surface area contributed by atoms with E-state index in [4.69, 9.17) is 5.73 Å². The van der Waals surface area contributed by atoms with Gasteiger partial charge in [0, 0.05) is 29.3 Å². The normalized spacial score (nSPS) is 24.7. The minimum atomic E-state index is 0.645. The second kappa shape index (κ2) is 4.39. The van der Waals surface area contributed by atoms with Gasteiger partial charge in [-0.15, -0.1) is 0 Å². The monoisotopic (exact) mass is 262 g/mol. The molecular weight excluding hydrogens is 244 g/mol. The zero-order chi connectivity index (χ0) is 12.7. The largest absolute Gasteiger partial charge is 0.399 e. The molecule has 0 aliphatic carbocycles. The number of anilines is 2. The second-order valence-corrected chi connectivity index (χ2v) is 6.88. The Bertz CT molecular complexity index is 555. The van der Waals surface area contributed by atoms with Crippen LogP contribution in [0.1, 0.15) is 13.8 Å². The van der Waals surface area contributed by atoms with Gasteiger partial charge in [0.2, 0.25) is 5.95 Å². The van der Waals surface area contributed by atoms with Crippen LogP contribution in [0, 0.1) is 0 Å². The number of rotatable bonds is 1. The summed E-state index contributed by atoms with van der Waals surface area (Å²) in [6, 6.07) is 5.80. The molecule has 2 unspecified atom stereocenters. The lowest BCUT2D eigenvalue weighted by Crippen LogP contribution is -2.40. The van der Waals surface area contributed by atoms with Crippen LogP contribution >= 0.6 is 11.8 Å². The fraction of sp³-hybridized carbons (Fsp3) is 0.462. The maximum absolute atomic E-state index is 5.79. The molecular formula is C13H18N4S. The molecule has 0 radical (unpaired) electrons. The number of aromatic nitrogens is 2. The summed E-state index contributed by atoms with van der Waals surface area (Å²) in [4.78, 5) is 10.4. The number of hydrogen-bond acceptors (Lipinski definition) is 4. The van der Waals surface area contributed by atoms with E-state index in [2.05, 4.69) is 28.7 Å². The van der Waals surface area contributed by atoms with Gasteiger partial charge in [-0.05, 0) is 18.2 Å². The van der Waals surface area contributed by atoms with Crippen LogP contribution in [-0.2, 0) is 0 Å². The predicted octanol–water partition coefficient (Wildman–Crippen LogP) is 2.48. The van der Waals surface area contributed by atoms with Crippen LogP contribution in [0.2, 0.25) is 0 Å². The Balaban J connectivity index is 1.93. The van der Waals surface area contributed by atoms with Gasteiger partial charge in [-0.1, -0.05) is 13.8 Å². The third-order valence-electron chi connectivity index (χ3n) is 3.21. The molecule has 4 nitrogen and oxygen atoms in total. The number of thioether (sulfide) groups is 1. The van der Waals surface area contributed by atoms with E-state index in [0.717, 1.165) is 35.8 Å². The summed E-state index contributed by atoms with van der Waals surface area (Å²) in [6.07, 6.45) is 0. The van der Waals surface area contributed by atoms with Gasteiger partial charge in [0.15, 0.2) is 0 Å². The molecule has 2 aromatic rings. The highest BCUT2D eigenvalue weighted by atomic mass is 32.2. The maximum atomic E-state index is 5.79. The molecule has 1 fully saturated rings. The molecule has 3 rings (SSSR count). The Kier molecular flexibility index (Phi) is 2.86. The molecule has 18 heavy (non-hydrogen) atoms. The Labute approximate surface area is 111 Å². The highest BCUT2D eigenvalue weighted by Crippen LogP contribution is 2.28. The molecule has 96 valence electrons. The van der Waals surface area contributed by atoms with E-state index in [1.54, 1.807) is 0 Å². The first-order chi connectivity index (χ1) is 8.61. The molecule has 1 aromatic heterocycles. The van der Waals surface area contributed by atoms with Gasteiger partial charge in [-0.3, -0.25) is 0 Å². The quantitative estimate of drug-likeness (QED) is 0.775. The number of benzene rings is 1. The van der Waals surface area contributed by atoms with E-state index in [1.165, 1.54) is 0 Å². The highest BCUT2D eigenvalue weighted by molar-refractivity contribution is 8.00. The van der Waals surface area contributed by atoms with Gasteiger partial charge < -0.3 is 15.6 Å². The van der Waals surface area contributed by atoms with Crippen molar-refractivity contribution in [2.75, 3.05) is 23.7 Å². The van der Waals surface area contributed by atoms with E-state index in [9.17, 15) is 0 Å². The molecule has 0 saturated carbocycles. The second-order valence-electron chi connectivity index (χ2n) is 5.00. The number of nitrogens with one attached hydrogen (secondary N) is 1. The van der Waals surface area contributed by atoms with Crippen molar-refractivity contribution in [3.05, 3.63) is 18.2 Å².